The standard InChI is InChI=1S/C10H9F5N2O2/c1-19-9(18)4-2-5(10(13,14)15)6(3-16)17-7(4)8(11)12/h2,8H,3,16H2,1H3. The summed E-state index contributed by atoms with van der Waals surface area (Å²) in [7, 11) is 0.863. The van der Waals surface area contributed by atoms with Gasteiger partial charge in [0.25, 0.3) is 6.43 Å². The van der Waals surface area contributed by atoms with E-state index in [9.17, 15) is 26.7 Å². The van der Waals surface area contributed by atoms with Crippen LogP contribution in [0.25, 0.3) is 0 Å². The number of methoxy groups -OCH3 is 1. The maximum Gasteiger partial charge on any atom is 0.418 e. The molecule has 0 atom stereocenters. The number of halogens is 5. The summed E-state index contributed by atoms with van der Waals surface area (Å²) in [4.78, 5) is 14.4. The smallest absolute Gasteiger partial charge is 0.418 e. The van der Waals surface area contributed by atoms with E-state index in [-0.39, 0.29) is 6.07 Å². The molecule has 0 aliphatic heterocycles. The van der Waals surface area contributed by atoms with Gasteiger partial charge in [-0.15, -0.1) is 0 Å². The molecular formula is C10H9F5N2O2. The summed E-state index contributed by atoms with van der Waals surface area (Å²) in [5.74, 6) is -1.32. The number of nitrogens with zero attached hydrogens (tertiary/aromatic N) is 1. The van der Waals surface area contributed by atoms with Gasteiger partial charge in [0, 0.05) is 6.54 Å². The van der Waals surface area contributed by atoms with Crippen molar-refractivity contribution < 1.29 is 31.5 Å². The zero-order valence-corrected chi connectivity index (χ0v) is 9.59. The molecule has 19 heavy (non-hydrogen) atoms. The van der Waals surface area contributed by atoms with E-state index >= 15 is 0 Å². The van der Waals surface area contributed by atoms with Gasteiger partial charge >= 0.3 is 12.1 Å². The van der Waals surface area contributed by atoms with E-state index in [4.69, 9.17) is 5.73 Å². The quantitative estimate of drug-likeness (QED) is 0.683. The first-order valence-electron chi connectivity index (χ1n) is 4.89. The molecule has 0 aromatic carbocycles. The number of alkyl halides is 5. The molecule has 1 aromatic heterocycles. The van der Waals surface area contributed by atoms with E-state index in [0.29, 0.717) is 0 Å². The Morgan fingerprint density at radius 2 is 2.05 bits per heavy atom. The Labute approximate surface area is 104 Å². The molecule has 0 unspecified atom stereocenters. The lowest BCUT2D eigenvalue weighted by Crippen LogP contribution is -2.19. The zero-order chi connectivity index (χ0) is 14.8. The SMILES string of the molecule is COC(=O)c1cc(C(F)(F)F)c(CN)nc1C(F)F. The normalized spacial score (nSPS) is 11.8. The van der Waals surface area contributed by atoms with Crippen molar-refractivity contribution in [3.05, 3.63) is 28.6 Å². The van der Waals surface area contributed by atoms with Crippen LogP contribution in [0.1, 0.15) is 33.7 Å². The first kappa shape index (κ1) is 15.3. The molecule has 0 fully saturated rings. The van der Waals surface area contributed by atoms with Gasteiger partial charge in [0.2, 0.25) is 0 Å². The molecule has 1 heterocycles. The number of pyridine rings is 1. The largest absolute Gasteiger partial charge is 0.465 e. The number of aromatic nitrogens is 1. The van der Waals surface area contributed by atoms with E-state index in [1.807, 2.05) is 0 Å². The maximum atomic E-state index is 12.7. The van der Waals surface area contributed by atoms with Crippen LogP contribution in [0.5, 0.6) is 0 Å². The van der Waals surface area contributed by atoms with Crippen molar-refractivity contribution in [1.29, 1.82) is 0 Å². The minimum atomic E-state index is -4.86. The van der Waals surface area contributed by atoms with Crippen LogP contribution in [0.2, 0.25) is 0 Å². The van der Waals surface area contributed by atoms with Gasteiger partial charge in [-0.25, -0.2) is 18.6 Å². The highest BCUT2D eigenvalue weighted by Crippen LogP contribution is 2.34. The second-order valence-electron chi connectivity index (χ2n) is 3.41. The molecule has 1 rings (SSSR count). The van der Waals surface area contributed by atoms with Crippen LogP contribution in [-0.4, -0.2) is 18.1 Å². The highest BCUT2D eigenvalue weighted by molar-refractivity contribution is 5.91. The first-order chi connectivity index (χ1) is 8.72. The van der Waals surface area contributed by atoms with Crippen LogP contribution < -0.4 is 5.73 Å². The number of ether oxygens (including phenoxy) is 1. The number of hydrogen-bond acceptors (Lipinski definition) is 4. The van der Waals surface area contributed by atoms with Crippen LogP contribution in [0.4, 0.5) is 22.0 Å². The summed E-state index contributed by atoms with van der Waals surface area (Å²) in [5.41, 5.74) is 0.952. The molecule has 9 heteroatoms. The number of hydrogen-bond donors (Lipinski definition) is 1. The number of nitrogens with two attached hydrogens (primary N) is 1. The topological polar surface area (TPSA) is 65.2 Å². The summed E-state index contributed by atoms with van der Waals surface area (Å²) in [6.07, 6.45) is -8.08. The average molecular weight is 284 g/mol. The van der Waals surface area contributed by atoms with Crippen molar-refractivity contribution in [2.24, 2.45) is 5.73 Å². The molecule has 0 aliphatic rings. The molecule has 0 bridgehead atoms. The Morgan fingerprint density at radius 1 is 1.47 bits per heavy atom. The van der Waals surface area contributed by atoms with Crippen molar-refractivity contribution in [2.45, 2.75) is 19.1 Å². The van der Waals surface area contributed by atoms with Gasteiger partial charge in [-0.3, -0.25) is 0 Å². The molecule has 1 aromatic rings. The highest BCUT2D eigenvalue weighted by Gasteiger charge is 2.36. The summed E-state index contributed by atoms with van der Waals surface area (Å²) in [6, 6.07) is 0.280. The van der Waals surface area contributed by atoms with Gasteiger partial charge < -0.3 is 10.5 Å². The summed E-state index contributed by atoms with van der Waals surface area (Å²) in [6.45, 7) is -0.685. The molecule has 0 radical (unpaired) electrons. The lowest BCUT2D eigenvalue weighted by Gasteiger charge is -2.15. The average Bonchev–Trinajstić information content (AvgIpc) is 2.34. The Kier molecular flexibility index (Phi) is 4.40. The predicted octanol–water partition coefficient (Wildman–Crippen LogP) is 2.28. The number of carbonyl (C=O) groups is 1. The van der Waals surface area contributed by atoms with Crippen molar-refractivity contribution >= 4 is 5.97 Å². The Bertz CT molecular complexity index is 488. The minimum absolute atomic E-state index is 0.280. The fraction of sp³-hybridized carbons (Fsp3) is 0.400. The first-order valence-corrected chi connectivity index (χ1v) is 4.89. The van der Waals surface area contributed by atoms with Gasteiger partial charge in [-0.2, -0.15) is 13.2 Å². The minimum Gasteiger partial charge on any atom is -0.465 e. The molecule has 4 nitrogen and oxygen atoms in total. The van der Waals surface area contributed by atoms with E-state index in [0.717, 1.165) is 7.11 Å². The van der Waals surface area contributed by atoms with Crippen molar-refractivity contribution in [1.82, 2.24) is 4.98 Å². The van der Waals surface area contributed by atoms with Crippen molar-refractivity contribution in [3.63, 3.8) is 0 Å². The maximum absolute atomic E-state index is 12.7. The molecule has 2 N–H and O–H groups in total. The summed E-state index contributed by atoms with van der Waals surface area (Å²) in [5, 5.41) is 0. The monoisotopic (exact) mass is 284 g/mol. The summed E-state index contributed by atoms with van der Waals surface area (Å²) < 4.78 is 67.6. The zero-order valence-electron chi connectivity index (χ0n) is 9.59. The van der Waals surface area contributed by atoms with Gasteiger partial charge in [0.1, 0.15) is 5.69 Å². The predicted molar refractivity (Wildman–Crippen MR) is 53.4 cm³/mol. The number of esters is 1. The third-order valence-corrected chi connectivity index (χ3v) is 2.24. The number of rotatable bonds is 3. The van der Waals surface area contributed by atoms with Crippen LogP contribution in [0, 0.1) is 0 Å². The summed E-state index contributed by atoms with van der Waals surface area (Å²) >= 11 is 0. The lowest BCUT2D eigenvalue weighted by atomic mass is 10.1. The van der Waals surface area contributed by atoms with Crippen molar-refractivity contribution in [2.75, 3.05) is 7.11 Å². The third-order valence-electron chi connectivity index (χ3n) is 2.24. The molecule has 0 saturated heterocycles. The molecule has 0 spiro atoms. The molecule has 0 aliphatic carbocycles. The lowest BCUT2D eigenvalue weighted by molar-refractivity contribution is -0.138. The van der Waals surface area contributed by atoms with Crippen LogP contribution in [-0.2, 0) is 17.5 Å². The molecular weight excluding hydrogens is 275 g/mol. The Morgan fingerprint density at radius 3 is 2.42 bits per heavy atom. The van der Waals surface area contributed by atoms with Crippen molar-refractivity contribution in [3.8, 4) is 0 Å². The van der Waals surface area contributed by atoms with E-state index in [1.165, 1.54) is 0 Å². The van der Waals surface area contributed by atoms with Gasteiger partial charge in [0.15, 0.2) is 0 Å². The highest BCUT2D eigenvalue weighted by atomic mass is 19.4. The Balaban J connectivity index is 3.57. The second kappa shape index (κ2) is 5.47. The third kappa shape index (κ3) is 3.16. The Hall–Kier alpha value is -1.77. The van der Waals surface area contributed by atoms with Crippen LogP contribution in [0.15, 0.2) is 6.07 Å². The fourth-order valence-corrected chi connectivity index (χ4v) is 1.41. The van der Waals surface area contributed by atoms with Gasteiger partial charge in [-0.1, -0.05) is 0 Å². The van der Waals surface area contributed by atoms with Gasteiger partial charge in [-0.05, 0) is 6.07 Å². The second-order valence-corrected chi connectivity index (χ2v) is 3.41. The number of carbonyl (C=O) groups excluding carboxylic acids is 1. The van der Waals surface area contributed by atoms with E-state index in [2.05, 4.69) is 9.72 Å². The van der Waals surface area contributed by atoms with Crippen LogP contribution >= 0.6 is 0 Å². The van der Waals surface area contributed by atoms with E-state index < -0.39 is 47.6 Å². The van der Waals surface area contributed by atoms with Crippen LogP contribution in [0.3, 0.4) is 0 Å². The molecule has 0 saturated carbocycles. The molecule has 106 valence electrons. The fourth-order valence-electron chi connectivity index (χ4n) is 1.41. The van der Waals surface area contributed by atoms with Gasteiger partial charge in [0.05, 0.1) is 23.9 Å². The molecule has 0 amide bonds. The van der Waals surface area contributed by atoms with E-state index in [1.54, 1.807) is 0 Å².